The largest absolute Gasteiger partial charge is 0.354 e. The molecular weight excluding hydrogens is 356 g/mol. The van der Waals surface area contributed by atoms with Gasteiger partial charge in [0, 0.05) is 37.9 Å². The molecule has 1 aromatic heterocycles. The molecule has 144 valence electrons. The third-order valence-corrected chi connectivity index (χ3v) is 5.80. The van der Waals surface area contributed by atoms with Crippen molar-refractivity contribution in [3.05, 3.63) is 11.6 Å². The van der Waals surface area contributed by atoms with E-state index in [2.05, 4.69) is 25.8 Å². The maximum absolute atomic E-state index is 12.9. The van der Waals surface area contributed by atoms with Crippen LogP contribution in [0.25, 0.3) is 0 Å². The second-order valence-corrected chi connectivity index (χ2v) is 7.50. The highest BCUT2D eigenvalue weighted by Crippen LogP contribution is 2.39. The van der Waals surface area contributed by atoms with Crippen molar-refractivity contribution >= 4 is 24.2 Å². The first-order chi connectivity index (χ1) is 12.1. The number of halogens is 1. The van der Waals surface area contributed by atoms with Gasteiger partial charge in [0.2, 0.25) is 11.8 Å². The molecule has 3 aliphatic rings. The summed E-state index contributed by atoms with van der Waals surface area (Å²) in [6.07, 6.45) is 4.17. The van der Waals surface area contributed by atoms with Crippen molar-refractivity contribution in [1.82, 2.24) is 30.7 Å². The molecule has 8 nitrogen and oxygen atoms in total. The van der Waals surface area contributed by atoms with Crippen LogP contribution in [-0.4, -0.2) is 63.6 Å². The lowest BCUT2D eigenvalue weighted by Gasteiger charge is -2.53. The minimum Gasteiger partial charge on any atom is -0.354 e. The fourth-order valence-electron chi connectivity index (χ4n) is 4.75. The predicted molar refractivity (Wildman–Crippen MR) is 97.8 cm³/mol. The number of nitrogens with zero attached hydrogens (tertiary/aromatic N) is 3. The average molecular weight is 383 g/mol. The zero-order valence-corrected chi connectivity index (χ0v) is 15.8. The summed E-state index contributed by atoms with van der Waals surface area (Å²) >= 11 is 0. The Balaban J connectivity index is 0.00000196. The van der Waals surface area contributed by atoms with Crippen LogP contribution in [0, 0.1) is 18.8 Å². The number of rotatable bonds is 4. The number of H-pyrrole nitrogens is 1. The topological polar surface area (TPSA) is 103 Å². The second-order valence-electron chi connectivity index (χ2n) is 7.50. The summed E-state index contributed by atoms with van der Waals surface area (Å²) in [4.78, 5) is 31.7. The van der Waals surface area contributed by atoms with E-state index in [1.54, 1.807) is 0 Å². The van der Waals surface area contributed by atoms with Crippen molar-refractivity contribution in [2.24, 2.45) is 11.8 Å². The third-order valence-electron chi connectivity index (χ3n) is 5.80. The van der Waals surface area contributed by atoms with Crippen molar-refractivity contribution in [3.63, 3.8) is 0 Å². The number of carbonyl (C=O) groups is 2. The van der Waals surface area contributed by atoms with E-state index in [0.29, 0.717) is 31.1 Å². The van der Waals surface area contributed by atoms with Crippen molar-refractivity contribution in [3.8, 4) is 0 Å². The van der Waals surface area contributed by atoms with Crippen molar-refractivity contribution in [2.75, 3.05) is 19.6 Å². The number of hydrogen-bond donors (Lipinski definition) is 3. The van der Waals surface area contributed by atoms with Gasteiger partial charge in [-0.25, -0.2) is 4.98 Å². The predicted octanol–water partition coefficient (Wildman–Crippen LogP) is 0.183. The van der Waals surface area contributed by atoms with Crippen LogP contribution in [-0.2, 0) is 16.0 Å². The van der Waals surface area contributed by atoms with E-state index in [1.807, 2.05) is 11.8 Å². The monoisotopic (exact) mass is 382 g/mol. The molecule has 4 heterocycles. The van der Waals surface area contributed by atoms with E-state index >= 15 is 0 Å². The molecule has 3 N–H and O–H groups in total. The summed E-state index contributed by atoms with van der Waals surface area (Å²) < 4.78 is 0. The van der Waals surface area contributed by atoms with Crippen LogP contribution >= 0.6 is 12.4 Å². The highest BCUT2D eigenvalue weighted by molar-refractivity contribution is 5.89. The van der Waals surface area contributed by atoms with Gasteiger partial charge >= 0.3 is 0 Å². The number of nitrogens with one attached hydrogen (secondary N) is 3. The SMILES string of the molecule is Cc1nc(CCNC(=O)[C@H]2[C@@H]3CNC[C@@H](C3)[C@@H]3CCCC(=O)N32)n[nH]1.Cl. The molecule has 26 heavy (non-hydrogen) atoms. The molecule has 0 aromatic carbocycles. The van der Waals surface area contributed by atoms with Gasteiger partial charge in [-0.3, -0.25) is 14.7 Å². The lowest BCUT2D eigenvalue weighted by atomic mass is 9.72. The van der Waals surface area contributed by atoms with Crippen LogP contribution < -0.4 is 10.6 Å². The first kappa shape index (κ1) is 19.1. The lowest BCUT2D eigenvalue weighted by Crippen LogP contribution is -2.68. The molecule has 0 radical (unpaired) electrons. The van der Waals surface area contributed by atoms with E-state index in [1.165, 1.54) is 0 Å². The normalized spacial score (nSPS) is 30.3. The Kier molecular flexibility index (Phi) is 5.82. The quantitative estimate of drug-likeness (QED) is 0.689. The van der Waals surface area contributed by atoms with Crippen LogP contribution in [0.2, 0.25) is 0 Å². The molecule has 3 saturated heterocycles. The van der Waals surface area contributed by atoms with Gasteiger partial charge in [-0.2, -0.15) is 5.10 Å². The maximum Gasteiger partial charge on any atom is 0.243 e. The van der Waals surface area contributed by atoms with Gasteiger partial charge in [0.05, 0.1) is 0 Å². The van der Waals surface area contributed by atoms with Gasteiger partial charge in [-0.15, -0.1) is 12.4 Å². The summed E-state index contributed by atoms with van der Waals surface area (Å²) in [5.41, 5.74) is 0. The number of carbonyl (C=O) groups excluding carboxylic acids is 2. The Morgan fingerprint density at radius 1 is 1.35 bits per heavy atom. The maximum atomic E-state index is 12.9. The molecule has 9 heteroatoms. The third kappa shape index (κ3) is 3.57. The molecule has 3 fully saturated rings. The van der Waals surface area contributed by atoms with E-state index in [0.717, 1.165) is 38.2 Å². The lowest BCUT2D eigenvalue weighted by molar-refractivity contribution is -0.157. The number of aromatic amines is 1. The Bertz CT molecular complexity index is 665. The molecule has 2 amide bonds. The van der Waals surface area contributed by atoms with E-state index in [9.17, 15) is 9.59 Å². The van der Waals surface area contributed by atoms with Gasteiger partial charge < -0.3 is 15.5 Å². The summed E-state index contributed by atoms with van der Waals surface area (Å²) in [5, 5.41) is 13.4. The number of fused-ring (bicyclic) bond motifs is 4. The van der Waals surface area contributed by atoms with E-state index in [-0.39, 0.29) is 42.2 Å². The Morgan fingerprint density at radius 3 is 2.92 bits per heavy atom. The standard InChI is InChI=1S/C17H26N6O2.ClH/c1-10-20-14(22-21-10)5-6-19-17(25)16-12-7-11(8-18-9-12)13-3-2-4-15(24)23(13)16;/h11-13,16,18H,2-9H2,1H3,(H,19,25)(H,20,21,22);1H/t11-,12+,13+,16-;/m1./s1. The zero-order valence-electron chi connectivity index (χ0n) is 15.0. The highest BCUT2D eigenvalue weighted by Gasteiger charge is 2.50. The Hall–Kier alpha value is -1.67. The minimum absolute atomic E-state index is 0. The van der Waals surface area contributed by atoms with Crippen molar-refractivity contribution in [1.29, 1.82) is 0 Å². The molecule has 1 aromatic rings. The smallest absolute Gasteiger partial charge is 0.243 e. The first-order valence-electron chi connectivity index (χ1n) is 9.31. The highest BCUT2D eigenvalue weighted by atomic mass is 35.5. The number of piperidine rings is 3. The van der Waals surface area contributed by atoms with Gasteiger partial charge in [0.15, 0.2) is 5.82 Å². The van der Waals surface area contributed by atoms with Gasteiger partial charge in [-0.1, -0.05) is 0 Å². The molecule has 0 unspecified atom stereocenters. The van der Waals surface area contributed by atoms with Crippen LogP contribution in [0.15, 0.2) is 0 Å². The van der Waals surface area contributed by atoms with Gasteiger partial charge in [0.1, 0.15) is 11.9 Å². The van der Waals surface area contributed by atoms with Crippen LogP contribution in [0.5, 0.6) is 0 Å². The summed E-state index contributed by atoms with van der Waals surface area (Å²) in [6, 6.07) is -0.118. The zero-order chi connectivity index (χ0) is 17.4. The minimum atomic E-state index is -0.337. The molecule has 2 bridgehead atoms. The average Bonchev–Trinajstić information content (AvgIpc) is 3.01. The molecular formula is C17H27ClN6O2. The first-order valence-corrected chi connectivity index (χ1v) is 9.31. The summed E-state index contributed by atoms with van der Waals surface area (Å²) in [5.74, 6) is 2.30. The fourth-order valence-corrected chi connectivity index (χ4v) is 4.75. The summed E-state index contributed by atoms with van der Waals surface area (Å²) in [6.45, 7) is 4.11. The molecule has 0 spiro atoms. The Labute approximate surface area is 159 Å². The molecule has 0 saturated carbocycles. The number of aryl methyl sites for hydroxylation is 1. The molecule has 4 atom stereocenters. The molecule has 0 aliphatic carbocycles. The van der Waals surface area contributed by atoms with Crippen molar-refractivity contribution in [2.45, 2.75) is 51.1 Å². The van der Waals surface area contributed by atoms with E-state index < -0.39 is 0 Å². The Morgan fingerprint density at radius 2 is 2.15 bits per heavy atom. The van der Waals surface area contributed by atoms with Gasteiger partial charge in [0.25, 0.3) is 0 Å². The fraction of sp³-hybridized carbons (Fsp3) is 0.765. The molecule has 3 aliphatic heterocycles. The van der Waals surface area contributed by atoms with E-state index in [4.69, 9.17) is 0 Å². The number of hydrogen-bond acceptors (Lipinski definition) is 5. The van der Waals surface area contributed by atoms with Crippen LogP contribution in [0.3, 0.4) is 0 Å². The summed E-state index contributed by atoms with van der Waals surface area (Å²) in [7, 11) is 0. The van der Waals surface area contributed by atoms with Crippen molar-refractivity contribution < 1.29 is 9.59 Å². The number of aromatic nitrogens is 3. The van der Waals surface area contributed by atoms with Crippen LogP contribution in [0.4, 0.5) is 0 Å². The van der Waals surface area contributed by atoms with Gasteiger partial charge in [-0.05, 0) is 38.6 Å². The van der Waals surface area contributed by atoms with Crippen LogP contribution in [0.1, 0.15) is 37.3 Å². The second kappa shape index (κ2) is 7.92. The number of amides is 2. The molecule has 4 rings (SSSR count).